The fraction of sp³-hybridized carbons (Fsp3) is 0.273. The largest absolute Gasteiger partial charge is 0.481 e. The molecule has 1 aromatic carbocycles. The maximum absolute atomic E-state index is 12.0. The van der Waals surface area contributed by atoms with Crippen LogP contribution in [0.25, 0.3) is 0 Å². The Balaban J connectivity index is 2.78. The van der Waals surface area contributed by atoms with E-state index in [2.05, 4.69) is 5.32 Å². The Morgan fingerprint density at radius 3 is 2.39 bits per heavy atom. The minimum atomic E-state index is -4.59. The number of anilines is 1. The summed E-state index contributed by atoms with van der Waals surface area (Å²) in [6.45, 7) is 0. The molecule has 2 N–H and O–H groups in total. The van der Waals surface area contributed by atoms with Gasteiger partial charge in [-0.15, -0.1) is 0 Å². The van der Waals surface area contributed by atoms with E-state index >= 15 is 0 Å². The predicted molar refractivity (Wildman–Crippen MR) is 57.1 cm³/mol. The number of rotatable bonds is 4. The van der Waals surface area contributed by atoms with Crippen molar-refractivity contribution in [2.75, 3.05) is 5.32 Å². The standard InChI is InChI=1S/C11H10F3NO3/c12-11(13,14)6-9(16)15-8-4-2-1-3-7(8)5-10(17)18/h1-4H,5-6H2,(H,15,16)(H,17,18). The number of benzene rings is 1. The van der Waals surface area contributed by atoms with Gasteiger partial charge in [-0.05, 0) is 11.6 Å². The van der Waals surface area contributed by atoms with E-state index in [1.807, 2.05) is 0 Å². The third-order valence-corrected chi connectivity index (χ3v) is 1.99. The summed E-state index contributed by atoms with van der Waals surface area (Å²) in [6.07, 6.45) is -6.57. The van der Waals surface area contributed by atoms with E-state index in [1.54, 1.807) is 0 Å². The van der Waals surface area contributed by atoms with Crippen molar-refractivity contribution in [1.29, 1.82) is 0 Å². The van der Waals surface area contributed by atoms with Gasteiger partial charge < -0.3 is 10.4 Å². The highest BCUT2D eigenvalue weighted by Gasteiger charge is 2.31. The molecule has 0 unspecified atom stereocenters. The van der Waals surface area contributed by atoms with Crippen LogP contribution in [0.15, 0.2) is 24.3 Å². The molecule has 7 heteroatoms. The van der Waals surface area contributed by atoms with Gasteiger partial charge in [0, 0.05) is 5.69 Å². The fourth-order valence-corrected chi connectivity index (χ4v) is 1.34. The lowest BCUT2D eigenvalue weighted by molar-refractivity contribution is -0.150. The zero-order valence-electron chi connectivity index (χ0n) is 9.12. The van der Waals surface area contributed by atoms with E-state index in [1.165, 1.54) is 24.3 Å². The first kappa shape index (κ1) is 14.0. The first-order chi connectivity index (χ1) is 8.28. The molecule has 0 aromatic heterocycles. The Kier molecular flexibility index (Phi) is 4.30. The molecule has 18 heavy (non-hydrogen) atoms. The number of carboxylic acids is 1. The number of carbonyl (C=O) groups is 2. The molecule has 0 aliphatic rings. The number of amides is 1. The molecule has 0 aliphatic carbocycles. The number of alkyl halides is 3. The van der Waals surface area contributed by atoms with Gasteiger partial charge in [-0.2, -0.15) is 13.2 Å². The number of hydrogen-bond donors (Lipinski definition) is 2. The van der Waals surface area contributed by atoms with Crippen LogP contribution in [0.2, 0.25) is 0 Å². The van der Waals surface area contributed by atoms with Gasteiger partial charge >= 0.3 is 12.1 Å². The van der Waals surface area contributed by atoms with Gasteiger partial charge in [0.25, 0.3) is 0 Å². The lowest BCUT2D eigenvalue weighted by Crippen LogP contribution is -2.22. The predicted octanol–water partition coefficient (Wildman–Crippen LogP) is 2.20. The minimum absolute atomic E-state index is 0.0779. The molecule has 0 fully saturated rings. The van der Waals surface area contributed by atoms with Crippen LogP contribution in [-0.4, -0.2) is 23.2 Å². The summed E-state index contributed by atoms with van der Waals surface area (Å²) in [5, 5.41) is 10.7. The number of aliphatic carboxylic acids is 1. The molecule has 1 rings (SSSR count). The monoisotopic (exact) mass is 261 g/mol. The SMILES string of the molecule is O=C(O)Cc1ccccc1NC(=O)CC(F)(F)F. The molecule has 0 bridgehead atoms. The fourth-order valence-electron chi connectivity index (χ4n) is 1.34. The van der Waals surface area contributed by atoms with Crippen LogP contribution in [0, 0.1) is 0 Å². The van der Waals surface area contributed by atoms with Crippen LogP contribution < -0.4 is 5.32 Å². The number of carboxylic acid groups (broad SMARTS) is 1. The van der Waals surface area contributed by atoms with Crippen LogP contribution >= 0.6 is 0 Å². The average Bonchev–Trinajstić information content (AvgIpc) is 2.17. The van der Waals surface area contributed by atoms with Gasteiger partial charge in [0.05, 0.1) is 6.42 Å². The maximum Gasteiger partial charge on any atom is 0.397 e. The van der Waals surface area contributed by atoms with E-state index in [-0.39, 0.29) is 17.7 Å². The van der Waals surface area contributed by atoms with Crippen molar-refractivity contribution >= 4 is 17.6 Å². The summed E-state index contributed by atoms with van der Waals surface area (Å²) >= 11 is 0. The van der Waals surface area contributed by atoms with Gasteiger partial charge in [-0.25, -0.2) is 0 Å². The third-order valence-electron chi connectivity index (χ3n) is 1.99. The molecule has 1 amide bonds. The number of para-hydroxylation sites is 1. The lowest BCUT2D eigenvalue weighted by Gasteiger charge is -2.10. The second-order valence-electron chi connectivity index (χ2n) is 3.57. The van der Waals surface area contributed by atoms with Crippen LogP contribution in [0.5, 0.6) is 0 Å². The van der Waals surface area contributed by atoms with Crippen LogP contribution in [0.3, 0.4) is 0 Å². The first-order valence-electron chi connectivity index (χ1n) is 4.94. The summed E-state index contributed by atoms with van der Waals surface area (Å²) in [5.74, 6) is -2.35. The van der Waals surface area contributed by atoms with Crippen molar-refractivity contribution < 1.29 is 27.9 Å². The van der Waals surface area contributed by atoms with Crippen molar-refractivity contribution in [3.05, 3.63) is 29.8 Å². The van der Waals surface area contributed by atoms with Gasteiger partial charge in [0.15, 0.2) is 0 Å². The van der Waals surface area contributed by atoms with E-state index < -0.39 is 24.5 Å². The Morgan fingerprint density at radius 1 is 1.22 bits per heavy atom. The Morgan fingerprint density at radius 2 is 1.83 bits per heavy atom. The number of carbonyl (C=O) groups excluding carboxylic acids is 1. The maximum atomic E-state index is 12.0. The molecule has 0 heterocycles. The molecule has 0 radical (unpaired) electrons. The van der Waals surface area contributed by atoms with Gasteiger partial charge in [0.2, 0.25) is 5.91 Å². The van der Waals surface area contributed by atoms with Crippen molar-refractivity contribution in [3.63, 3.8) is 0 Å². The topological polar surface area (TPSA) is 66.4 Å². The number of hydrogen-bond acceptors (Lipinski definition) is 2. The van der Waals surface area contributed by atoms with Crippen LogP contribution in [-0.2, 0) is 16.0 Å². The molecule has 98 valence electrons. The molecule has 4 nitrogen and oxygen atoms in total. The third kappa shape index (κ3) is 4.86. The van der Waals surface area contributed by atoms with Crippen molar-refractivity contribution in [2.45, 2.75) is 19.0 Å². The zero-order chi connectivity index (χ0) is 13.8. The normalized spacial score (nSPS) is 11.1. The van der Waals surface area contributed by atoms with E-state index in [0.29, 0.717) is 0 Å². The number of halogens is 3. The zero-order valence-corrected chi connectivity index (χ0v) is 9.12. The summed E-state index contributed by atoms with van der Waals surface area (Å²) < 4.78 is 35.9. The number of nitrogens with one attached hydrogen (secondary N) is 1. The molecule has 0 spiro atoms. The second-order valence-corrected chi connectivity index (χ2v) is 3.57. The van der Waals surface area contributed by atoms with E-state index in [0.717, 1.165) is 0 Å². The molecule has 1 aromatic rings. The highest BCUT2D eigenvalue weighted by molar-refractivity contribution is 5.92. The molecular formula is C11H10F3NO3. The molecule has 0 saturated carbocycles. The van der Waals surface area contributed by atoms with Crippen molar-refractivity contribution in [1.82, 2.24) is 0 Å². The smallest absolute Gasteiger partial charge is 0.397 e. The molecule has 0 saturated heterocycles. The van der Waals surface area contributed by atoms with Gasteiger partial charge in [-0.1, -0.05) is 18.2 Å². The molecule has 0 atom stereocenters. The molecular weight excluding hydrogens is 251 g/mol. The summed E-state index contributed by atoms with van der Waals surface area (Å²) in [5.41, 5.74) is 0.328. The first-order valence-corrected chi connectivity index (χ1v) is 4.94. The molecule has 0 aliphatic heterocycles. The van der Waals surface area contributed by atoms with Crippen molar-refractivity contribution in [2.24, 2.45) is 0 Å². The lowest BCUT2D eigenvalue weighted by atomic mass is 10.1. The Labute approximate surface area is 100 Å². The second kappa shape index (κ2) is 5.52. The van der Waals surface area contributed by atoms with Gasteiger partial charge in [0.1, 0.15) is 6.42 Å². The highest BCUT2D eigenvalue weighted by Crippen LogP contribution is 2.21. The minimum Gasteiger partial charge on any atom is -0.481 e. The summed E-state index contributed by atoms with van der Waals surface area (Å²) in [7, 11) is 0. The summed E-state index contributed by atoms with van der Waals surface area (Å²) in [6, 6.07) is 5.82. The quantitative estimate of drug-likeness (QED) is 0.873. The van der Waals surface area contributed by atoms with E-state index in [4.69, 9.17) is 5.11 Å². The highest BCUT2D eigenvalue weighted by atomic mass is 19.4. The van der Waals surface area contributed by atoms with E-state index in [9.17, 15) is 22.8 Å². The van der Waals surface area contributed by atoms with Gasteiger partial charge in [-0.3, -0.25) is 9.59 Å². The van der Waals surface area contributed by atoms with Crippen molar-refractivity contribution in [3.8, 4) is 0 Å². The average molecular weight is 261 g/mol. The summed E-state index contributed by atoms with van der Waals surface area (Å²) in [4.78, 5) is 21.6. The van der Waals surface area contributed by atoms with Crippen LogP contribution in [0.4, 0.5) is 18.9 Å². The van der Waals surface area contributed by atoms with Crippen LogP contribution in [0.1, 0.15) is 12.0 Å². The Bertz CT molecular complexity index is 457. The Hall–Kier alpha value is -2.05.